The second kappa shape index (κ2) is 10.2. The van der Waals surface area contributed by atoms with Gasteiger partial charge in [-0.3, -0.25) is 4.90 Å². The Hall–Kier alpha value is -1.60. The molecular formula is C22H31N. The van der Waals surface area contributed by atoms with Gasteiger partial charge in [-0.25, -0.2) is 0 Å². The normalized spacial score (nSPS) is 11.3. The van der Waals surface area contributed by atoms with Crippen LogP contribution < -0.4 is 0 Å². The zero-order valence-electron chi connectivity index (χ0n) is 14.7. The zero-order valence-corrected chi connectivity index (χ0v) is 14.7. The highest BCUT2D eigenvalue weighted by molar-refractivity contribution is 5.31. The molecule has 0 aromatic heterocycles. The number of hydrogen-bond acceptors (Lipinski definition) is 1. The Morgan fingerprint density at radius 3 is 1.70 bits per heavy atom. The van der Waals surface area contributed by atoms with Gasteiger partial charge in [0, 0.05) is 0 Å². The molecular weight excluding hydrogens is 278 g/mol. The third kappa shape index (κ3) is 5.84. The van der Waals surface area contributed by atoms with Gasteiger partial charge in [-0.2, -0.15) is 0 Å². The van der Waals surface area contributed by atoms with Crippen molar-refractivity contribution in [2.24, 2.45) is 0 Å². The lowest BCUT2D eigenvalue weighted by molar-refractivity contribution is 0.271. The van der Waals surface area contributed by atoms with Gasteiger partial charge in [0.15, 0.2) is 0 Å². The van der Waals surface area contributed by atoms with Crippen molar-refractivity contribution in [2.75, 3.05) is 13.6 Å². The van der Waals surface area contributed by atoms with Crippen LogP contribution in [0.4, 0.5) is 0 Å². The maximum absolute atomic E-state index is 2.50. The average Bonchev–Trinajstić information content (AvgIpc) is 2.60. The molecule has 0 N–H and O–H groups in total. The standard InChI is InChI=1S/C22H31N/c1-3-4-5-6-7-14-19-23(2)22(20-15-10-8-11-16-20)21-17-12-9-13-18-21/h8-13,15-18,22H,3-7,14,19H2,1-2H3. The summed E-state index contributed by atoms with van der Waals surface area (Å²) in [7, 11) is 2.26. The maximum atomic E-state index is 2.50. The number of hydrogen-bond donors (Lipinski definition) is 0. The summed E-state index contributed by atoms with van der Waals surface area (Å²) in [5, 5.41) is 0. The van der Waals surface area contributed by atoms with E-state index in [-0.39, 0.29) is 0 Å². The van der Waals surface area contributed by atoms with Crippen molar-refractivity contribution in [2.45, 2.75) is 51.5 Å². The molecule has 0 saturated heterocycles. The molecule has 0 aliphatic carbocycles. The van der Waals surface area contributed by atoms with E-state index in [1.54, 1.807) is 0 Å². The van der Waals surface area contributed by atoms with E-state index in [1.165, 1.54) is 49.7 Å². The molecule has 2 rings (SSSR count). The molecule has 0 spiro atoms. The predicted octanol–water partition coefficient (Wildman–Crippen LogP) is 6.07. The van der Waals surface area contributed by atoms with Gasteiger partial charge in [-0.15, -0.1) is 0 Å². The first-order chi connectivity index (χ1) is 11.3. The molecule has 2 aromatic rings. The minimum atomic E-state index is 0.355. The second-order valence-corrected chi connectivity index (χ2v) is 6.47. The van der Waals surface area contributed by atoms with Crippen LogP contribution >= 0.6 is 0 Å². The van der Waals surface area contributed by atoms with Gasteiger partial charge in [-0.1, -0.05) is 99.7 Å². The van der Waals surface area contributed by atoms with Crippen LogP contribution in [0, 0.1) is 0 Å². The van der Waals surface area contributed by atoms with Gasteiger partial charge in [-0.05, 0) is 31.1 Å². The molecule has 0 aliphatic heterocycles. The van der Waals surface area contributed by atoms with Crippen LogP contribution in [0.2, 0.25) is 0 Å². The van der Waals surface area contributed by atoms with Crippen molar-refractivity contribution in [3.8, 4) is 0 Å². The molecule has 0 unspecified atom stereocenters. The molecule has 2 aromatic carbocycles. The summed E-state index contributed by atoms with van der Waals surface area (Å²) >= 11 is 0. The molecule has 0 fully saturated rings. The first-order valence-electron chi connectivity index (χ1n) is 9.13. The molecule has 0 amide bonds. The van der Waals surface area contributed by atoms with Gasteiger partial charge in [0.25, 0.3) is 0 Å². The summed E-state index contributed by atoms with van der Waals surface area (Å²) in [5.74, 6) is 0. The molecule has 0 heterocycles. The Kier molecular flexibility index (Phi) is 7.89. The average molecular weight is 309 g/mol. The topological polar surface area (TPSA) is 3.24 Å². The first kappa shape index (κ1) is 17.7. The Morgan fingerprint density at radius 1 is 0.696 bits per heavy atom. The Bertz CT molecular complexity index is 481. The van der Waals surface area contributed by atoms with E-state index in [0.29, 0.717) is 6.04 Å². The maximum Gasteiger partial charge on any atom is 0.0599 e. The fourth-order valence-corrected chi connectivity index (χ4v) is 3.24. The van der Waals surface area contributed by atoms with Crippen molar-refractivity contribution in [1.82, 2.24) is 4.90 Å². The third-order valence-corrected chi connectivity index (χ3v) is 4.54. The van der Waals surface area contributed by atoms with Crippen LogP contribution in [0.1, 0.15) is 62.6 Å². The lowest BCUT2D eigenvalue weighted by Crippen LogP contribution is -2.26. The van der Waals surface area contributed by atoms with Crippen LogP contribution in [0.3, 0.4) is 0 Å². The molecule has 124 valence electrons. The van der Waals surface area contributed by atoms with Gasteiger partial charge in [0.2, 0.25) is 0 Å². The van der Waals surface area contributed by atoms with E-state index >= 15 is 0 Å². The summed E-state index contributed by atoms with van der Waals surface area (Å²) in [6, 6.07) is 22.1. The monoisotopic (exact) mass is 309 g/mol. The van der Waals surface area contributed by atoms with E-state index in [4.69, 9.17) is 0 Å². The molecule has 0 aliphatic rings. The summed E-state index contributed by atoms with van der Waals surface area (Å²) in [5.41, 5.74) is 2.76. The number of benzene rings is 2. The van der Waals surface area contributed by atoms with E-state index in [0.717, 1.165) is 6.54 Å². The minimum Gasteiger partial charge on any atom is -0.295 e. The van der Waals surface area contributed by atoms with Crippen molar-refractivity contribution in [3.63, 3.8) is 0 Å². The summed E-state index contributed by atoms with van der Waals surface area (Å²) < 4.78 is 0. The van der Waals surface area contributed by atoms with Crippen LogP contribution in [0.15, 0.2) is 60.7 Å². The van der Waals surface area contributed by atoms with E-state index in [9.17, 15) is 0 Å². The van der Waals surface area contributed by atoms with Crippen molar-refractivity contribution in [3.05, 3.63) is 71.8 Å². The van der Waals surface area contributed by atoms with Crippen LogP contribution in [0.5, 0.6) is 0 Å². The number of unbranched alkanes of at least 4 members (excludes halogenated alkanes) is 5. The van der Waals surface area contributed by atoms with Gasteiger partial charge in [0.05, 0.1) is 6.04 Å². The first-order valence-corrected chi connectivity index (χ1v) is 9.13. The molecule has 1 nitrogen and oxygen atoms in total. The molecule has 0 atom stereocenters. The summed E-state index contributed by atoms with van der Waals surface area (Å²) in [6.45, 7) is 3.43. The SMILES string of the molecule is CCCCCCCCN(C)C(c1ccccc1)c1ccccc1. The number of rotatable bonds is 10. The highest BCUT2D eigenvalue weighted by Gasteiger charge is 2.18. The Morgan fingerprint density at radius 2 is 1.17 bits per heavy atom. The van der Waals surface area contributed by atoms with Crippen LogP contribution in [-0.4, -0.2) is 18.5 Å². The highest BCUT2D eigenvalue weighted by atomic mass is 15.1. The van der Waals surface area contributed by atoms with E-state index in [2.05, 4.69) is 79.5 Å². The summed E-state index contributed by atoms with van der Waals surface area (Å²) in [6.07, 6.45) is 8.11. The molecule has 0 saturated carbocycles. The van der Waals surface area contributed by atoms with Crippen LogP contribution in [-0.2, 0) is 0 Å². The molecule has 0 bridgehead atoms. The fourth-order valence-electron chi connectivity index (χ4n) is 3.24. The third-order valence-electron chi connectivity index (χ3n) is 4.54. The lowest BCUT2D eigenvalue weighted by Gasteiger charge is -2.29. The highest BCUT2D eigenvalue weighted by Crippen LogP contribution is 2.27. The fraction of sp³-hybridized carbons (Fsp3) is 0.455. The molecule has 23 heavy (non-hydrogen) atoms. The van der Waals surface area contributed by atoms with E-state index in [1.807, 2.05) is 0 Å². The minimum absolute atomic E-state index is 0.355. The molecule has 0 radical (unpaired) electrons. The van der Waals surface area contributed by atoms with Crippen molar-refractivity contribution in [1.29, 1.82) is 0 Å². The van der Waals surface area contributed by atoms with Crippen molar-refractivity contribution >= 4 is 0 Å². The zero-order chi connectivity index (χ0) is 16.3. The summed E-state index contributed by atoms with van der Waals surface area (Å²) in [4.78, 5) is 2.50. The van der Waals surface area contributed by atoms with Gasteiger partial charge in [0.1, 0.15) is 0 Å². The second-order valence-electron chi connectivity index (χ2n) is 6.47. The Labute approximate surface area is 142 Å². The van der Waals surface area contributed by atoms with Gasteiger partial charge >= 0.3 is 0 Å². The molecule has 1 heteroatoms. The largest absolute Gasteiger partial charge is 0.295 e. The van der Waals surface area contributed by atoms with E-state index < -0.39 is 0 Å². The van der Waals surface area contributed by atoms with Crippen LogP contribution in [0.25, 0.3) is 0 Å². The Balaban J connectivity index is 1.97. The number of nitrogens with zero attached hydrogens (tertiary/aromatic N) is 1. The lowest BCUT2D eigenvalue weighted by atomic mass is 9.97. The smallest absolute Gasteiger partial charge is 0.0599 e. The van der Waals surface area contributed by atoms with Gasteiger partial charge < -0.3 is 0 Å². The van der Waals surface area contributed by atoms with Crippen molar-refractivity contribution < 1.29 is 0 Å². The predicted molar refractivity (Wildman–Crippen MR) is 101 cm³/mol. The quantitative estimate of drug-likeness (QED) is 0.482.